The predicted molar refractivity (Wildman–Crippen MR) is 72.4 cm³/mol. The summed E-state index contributed by atoms with van der Waals surface area (Å²) in [6.07, 6.45) is -1.03. The van der Waals surface area contributed by atoms with Crippen LogP contribution in [-0.4, -0.2) is 20.4 Å². The molecule has 0 spiro atoms. The maximum Gasteiger partial charge on any atom is 0.508 e. The van der Waals surface area contributed by atoms with E-state index in [1.54, 1.807) is 7.11 Å². The minimum Gasteiger partial charge on any atom is -0.497 e. The summed E-state index contributed by atoms with van der Waals surface area (Å²) in [5, 5.41) is 2.15. The van der Waals surface area contributed by atoms with E-state index in [4.69, 9.17) is 9.47 Å². The van der Waals surface area contributed by atoms with E-state index in [1.807, 2.05) is 43.3 Å². The van der Waals surface area contributed by atoms with Crippen molar-refractivity contribution in [3.63, 3.8) is 0 Å². The molecule has 1 unspecified atom stereocenters. The highest BCUT2D eigenvalue weighted by molar-refractivity contribution is 5.84. The lowest BCUT2D eigenvalue weighted by molar-refractivity contribution is 0.0430. The van der Waals surface area contributed by atoms with Gasteiger partial charge < -0.3 is 14.2 Å². The fourth-order valence-electron chi connectivity index (χ4n) is 1.88. The molecule has 0 aliphatic rings. The highest BCUT2D eigenvalue weighted by Gasteiger charge is 2.12. The summed E-state index contributed by atoms with van der Waals surface area (Å²) in [4.78, 5) is 11.1. The first-order valence-electron chi connectivity index (χ1n) is 5.96. The zero-order chi connectivity index (χ0) is 13.8. The Morgan fingerprint density at radius 2 is 1.74 bits per heavy atom. The SMILES string of the molecule is COC(=O)OC(C)c1ccc2cc(OC)ccc2c1. The number of ether oxygens (including phenoxy) is 3. The maximum atomic E-state index is 11.1. The molecule has 4 nitrogen and oxygen atoms in total. The molecule has 0 N–H and O–H groups in total. The van der Waals surface area contributed by atoms with E-state index >= 15 is 0 Å². The summed E-state index contributed by atoms with van der Waals surface area (Å²) < 4.78 is 14.8. The summed E-state index contributed by atoms with van der Waals surface area (Å²) >= 11 is 0. The van der Waals surface area contributed by atoms with E-state index in [2.05, 4.69) is 4.74 Å². The topological polar surface area (TPSA) is 44.8 Å². The van der Waals surface area contributed by atoms with Gasteiger partial charge in [0.1, 0.15) is 11.9 Å². The summed E-state index contributed by atoms with van der Waals surface area (Å²) in [6, 6.07) is 11.7. The minimum atomic E-state index is -0.678. The Balaban J connectivity index is 2.28. The van der Waals surface area contributed by atoms with Gasteiger partial charge in [-0.25, -0.2) is 4.79 Å². The van der Waals surface area contributed by atoms with Crippen molar-refractivity contribution < 1.29 is 19.0 Å². The molecule has 0 aliphatic carbocycles. The Bertz CT molecular complexity index is 592. The van der Waals surface area contributed by atoms with Gasteiger partial charge in [0.25, 0.3) is 0 Å². The van der Waals surface area contributed by atoms with Crippen molar-refractivity contribution in [2.24, 2.45) is 0 Å². The van der Waals surface area contributed by atoms with Crippen molar-refractivity contribution in [1.29, 1.82) is 0 Å². The van der Waals surface area contributed by atoms with Gasteiger partial charge in [-0.2, -0.15) is 0 Å². The Morgan fingerprint density at radius 1 is 1.05 bits per heavy atom. The van der Waals surface area contributed by atoms with Crippen LogP contribution in [0, 0.1) is 0 Å². The number of rotatable bonds is 3. The molecule has 0 aliphatic heterocycles. The number of hydrogen-bond donors (Lipinski definition) is 0. The average molecular weight is 260 g/mol. The van der Waals surface area contributed by atoms with Gasteiger partial charge in [-0.15, -0.1) is 0 Å². The predicted octanol–water partition coefficient (Wildman–Crippen LogP) is 3.69. The molecule has 2 rings (SSSR count). The standard InChI is InChI=1S/C15H16O4/c1-10(19-15(16)18-3)11-4-5-13-9-14(17-2)7-6-12(13)8-11/h4-10H,1-3H3. The largest absolute Gasteiger partial charge is 0.508 e. The van der Waals surface area contributed by atoms with Crippen LogP contribution in [0.3, 0.4) is 0 Å². The molecular weight excluding hydrogens is 244 g/mol. The molecule has 2 aromatic rings. The molecule has 0 heterocycles. The van der Waals surface area contributed by atoms with Crippen LogP contribution in [0.15, 0.2) is 36.4 Å². The second-order valence-corrected chi connectivity index (χ2v) is 4.19. The quantitative estimate of drug-likeness (QED) is 0.789. The molecular formula is C15H16O4. The average Bonchev–Trinajstić information content (AvgIpc) is 2.45. The molecule has 0 radical (unpaired) electrons. The normalized spacial score (nSPS) is 11.9. The number of carbonyl (C=O) groups is 1. The zero-order valence-electron chi connectivity index (χ0n) is 11.2. The molecule has 100 valence electrons. The number of methoxy groups -OCH3 is 2. The van der Waals surface area contributed by atoms with Gasteiger partial charge in [0.15, 0.2) is 0 Å². The Kier molecular flexibility index (Phi) is 3.90. The van der Waals surface area contributed by atoms with Crippen LogP contribution in [0.1, 0.15) is 18.6 Å². The Hall–Kier alpha value is -2.23. The van der Waals surface area contributed by atoms with E-state index in [9.17, 15) is 4.79 Å². The second-order valence-electron chi connectivity index (χ2n) is 4.19. The van der Waals surface area contributed by atoms with Gasteiger partial charge in [0, 0.05) is 0 Å². The zero-order valence-corrected chi connectivity index (χ0v) is 11.2. The van der Waals surface area contributed by atoms with Gasteiger partial charge >= 0.3 is 6.16 Å². The fourth-order valence-corrected chi connectivity index (χ4v) is 1.88. The molecule has 0 bridgehead atoms. The molecule has 0 aromatic heterocycles. The smallest absolute Gasteiger partial charge is 0.497 e. The van der Waals surface area contributed by atoms with Crippen LogP contribution < -0.4 is 4.74 Å². The van der Waals surface area contributed by atoms with E-state index in [1.165, 1.54) is 7.11 Å². The summed E-state index contributed by atoms with van der Waals surface area (Å²) in [5.74, 6) is 0.819. The number of carbonyl (C=O) groups excluding carboxylic acids is 1. The van der Waals surface area contributed by atoms with Gasteiger partial charge in [-0.1, -0.05) is 18.2 Å². The van der Waals surface area contributed by atoms with Crippen molar-refractivity contribution in [2.75, 3.05) is 14.2 Å². The van der Waals surface area contributed by atoms with Crippen LogP contribution in [0.5, 0.6) is 5.75 Å². The molecule has 2 aromatic carbocycles. The summed E-state index contributed by atoms with van der Waals surface area (Å²) in [7, 11) is 2.93. The molecule has 4 heteroatoms. The molecule has 19 heavy (non-hydrogen) atoms. The third-order valence-electron chi connectivity index (χ3n) is 2.98. The third-order valence-corrected chi connectivity index (χ3v) is 2.98. The van der Waals surface area contributed by atoms with Gasteiger partial charge in [-0.3, -0.25) is 0 Å². The van der Waals surface area contributed by atoms with Crippen molar-refractivity contribution in [2.45, 2.75) is 13.0 Å². The molecule has 0 saturated carbocycles. The molecule has 1 atom stereocenters. The monoisotopic (exact) mass is 260 g/mol. The molecule has 0 fully saturated rings. The molecule has 0 amide bonds. The fraction of sp³-hybridized carbons (Fsp3) is 0.267. The minimum absolute atomic E-state index is 0.348. The van der Waals surface area contributed by atoms with Gasteiger partial charge in [-0.05, 0) is 41.5 Å². The summed E-state index contributed by atoms with van der Waals surface area (Å²) in [5.41, 5.74) is 0.920. The van der Waals surface area contributed by atoms with Crippen LogP contribution >= 0.6 is 0 Å². The number of hydrogen-bond acceptors (Lipinski definition) is 4. The van der Waals surface area contributed by atoms with E-state index in [-0.39, 0.29) is 6.10 Å². The number of fused-ring (bicyclic) bond motifs is 1. The van der Waals surface area contributed by atoms with Crippen molar-refractivity contribution >= 4 is 16.9 Å². The van der Waals surface area contributed by atoms with Gasteiger partial charge in [0.2, 0.25) is 0 Å². The van der Waals surface area contributed by atoms with Crippen molar-refractivity contribution in [1.82, 2.24) is 0 Å². The van der Waals surface area contributed by atoms with Crippen LogP contribution in [0.2, 0.25) is 0 Å². The lowest BCUT2D eigenvalue weighted by Crippen LogP contribution is -2.08. The van der Waals surface area contributed by atoms with E-state index in [0.29, 0.717) is 0 Å². The first kappa shape index (κ1) is 13.2. The van der Waals surface area contributed by atoms with Crippen LogP contribution in [0.4, 0.5) is 4.79 Å². The number of benzene rings is 2. The third kappa shape index (κ3) is 2.96. The second kappa shape index (κ2) is 5.61. The van der Waals surface area contributed by atoms with Crippen molar-refractivity contribution in [3.8, 4) is 5.75 Å². The Morgan fingerprint density at radius 3 is 2.42 bits per heavy atom. The lowest BCUT2D eigenvalue weighted by Gasteiger charge is -2.13. The lowest BCUT2D eigenvalue weighted by atomic mass is 10.0. The highest BCUT2D eigenvalue weighted by atomic mass is 16.7. The van der Waals surface area contributed by atoms with Crippen LogP contribution in [-0.2, 0) is 9.47 Å². The highest BCUT2D eigenvalue weighted by Crippen LogP contribution is 2.25. The first-order valence-corrected chi connectivity index (χ1v) is 5.96. The Labute approximate surface area is 111 Å². The van der Waals surface area contributed by atoms with Crippen LogP contribution in [0.25, 0.3) is 10.8 Å². The van der Waals surface area contributed by atoms with E-state index in [0.717, 1.165) is 22.1 Å². The first-order chi connectivity index (χ1) is 9.13. The summed E-state index contributed by atoms with van der Waals surface area (Å²) in [6.45, 7) is 1.81. The molecule has 0 saturated heterocycles. The van der Waals surface area contributed by atoms with Crippen molar-refractivity contribution in [3.05, 3.63) is 42.0 Å². The maximum absolute atomic E-state index is 11.1. The van der Waals surface area contributed by atoms with Gasteiger partial charge in [0.05, 0.1) is 14.2 Å². The van der Waals surface area contributed by atoms with E-state index < -0.39 is 6.16 Å².